The van der Waals surface area contributed by atoms with Gasteiger partial charge in [-0.15, -0.1) is 0 Å². The van der Waals surface area contributed by atoms with E-state index in [0.717, 1.165) is 22.3 Å². The van der Waals surface area contributed by atoms with Crippen LogP contribution in [-0.4, -0.2) is 37.4 Å². The average molecular weight is 340 g/mol. The van der Waals surface area contributed by atoms with Crippen molar-refractivity contribution in [3.05, 3.63) is 33.8 Å². The Balaban J connectivity index is 2.16. The van der Waals surface area contributed by atoms with Crippen LogP contribution in [0.25, 0.3) is 0 Å². The van der Waals surface area contributed by atoms with Gasteiger partial charge in [0.2, 0.25) is 0 Å². The lowest BCUT2D eigenvalue weighted by atomic mass is 10.3. The normalized spacial score (nSPS) is 10.8. The lowest BCUT2D eigenvalue weighted by Gasteiger charge is -2.16. The van der Waals surface area contributed by atoms with Crippen molar-refractivity contribution in [3.63, 3.8) is 0 Å². The lowest BCUT2D eigenvalue weighted by molar-refractivity contribution is 0.0773. The molecule has 0 radical (unpaired) electrons. The van der Waals surface area contributed by atoms with E-state index in [0.29, 0.717) is 12.2 Å². The van der Waals surface area contributed by atoms with Gasteiger partial charge >= 0.3 is 0 Å². The van der Waals surface area contributed by atoms with E-state index in [2.05, 4.69) is 26.1 Å². The Morgan fingerprint density at radius 3 is 2.70 bits per heavy atom. The van der Waals surface area contributed by atoms with Gasteiger partial charge in [-0.1, -0.05) is 0 Å². The van der Waals surface area contributed by atoms with Gasteiger partial charge in [-0.3, -0.25) is 14.2 Å². The molecule has 1 amide bonds. The third-order valence-electron chi connectivity index (χ3n) is 3.13. The summed E-state index contributed by atoms with van der Waals surface area (Å²) in [5.74, 6) is -0.0655. The van der Waals surface area contributed by atoms with E-state index in [1.165, 1.54) is 0 Å². The van der Waals surface area contributed by atoms with Crippen LogP contribution in [0, 0.1) is 6.92 Å². The maximum absolute atomic E-state index is 12.5. The smallest absolute Gasteiger partial charge is 0.273 e. The molecule has 6 nitrogen and oxygen atoms in total. The van der Waals surface area contributed by atoms with Gasteiger partial charge in [0.1, 0.15) is 5.69 Å². The summed E-state index contributed by atoms with van der Waals surface area (Å²) in [6, 6.07) is 0. The predicted molar refractivity (Wildman–Crippen MR) is 79.3 cm³/mol. The van der Waals surface area contributed by atoms with Gasteiger partial charge in [0, 0.05) is 38.9 Å². The molecule has 2 aromatic heterocycles. The molecule has 0 saturated heterocycles. The highest BCUT2D eigenvalue weighted by atomic mass is 79.9. The van der Waals surface area contributed by atoms with E-state index in [1.54, 1.807) is 29.9 Å². The highest BCUT2D eigenvalue weighted by Gasteiger charge is 2.21. The zero-order valence-corrected chi connectivity index (χ0v) is 13.7. The third-order valence-corrected chi connectivity index (χ3v) is 4.08. The highest BCUT2D eigenvalue weighted by molar-refractivity contribution is 9.10. The Labute approximate surface area is 126 Å². The highest BCUT2D eigenvalue weighted by Crippen LogP contribution is 2.21. The van der Waals surface area contributed by atoms with Crippen LogP contribution in [0.3, 0.4) is 0 Å². The molecule has 0 aliphatic heterocycles. The summed E-state index contributed by atoms with van der Waals surface area (Å²) >= 11 is 3.42. The zero-order valence-electron chi connectivity index (χ0n) is 12.1. The van der Waals surface area contributed by atoms with Crippen LogP contribution in [-0.2, 0) is 20.1 Å². The molecule has 2 heterocycles. The molecular weight excluding hydrogens is 322 g/mol. The molecule has 0 spiro atoms. The monoisotopic (exact) mass is 339 g/mol. The van der Waals surface area contributed by atoms with Crippen LogP contribution in [0.2, 0.25) is 0 Å². The van der Waals surface area contributed by atoms with Crippen LogP contribution in [0.15, 0.2) is 16.9 Å². The van der Waals surface area contributed by atoms with Crippen LogP contribution >= 0.6 is 15.9 Å². The average Bonchev–Trinajstić information content (AvgIpc) is 2.95. The molecule has 7 heteroatoms. The predicted octanol–water partition coefficient (Wildman–Crippen LogP) is 1.98. The molecule has 108 valence electrons. The van der Waals surface area contributed by atoms with E-state index >= 15 is 0 Å². The Morgan fingerprint density at radius 1 is 1.50 bits per heavy atom. The molecule has 0 aromatic carbocycles. The third kappa shape index (κ3) is 2.77. The summed E-state index contributed by atoms with van der Waals surface area (Å²) in [4.78, 5) is 14.2. The second-order valence-electron chi connectivity index (χ2n) is 4.74. The van der Waals surface area contributed by atoms with Gasteiger partial charge in [0.05, 0.1) is 16.4 Å². The number of aromatic nitrogens is 4. The number of hydrogen-bond donors (Lipinski definition) is 0. The first kappa shape index (κ1) is 14.8. The SMILES string of the molecule is CCn1cc(CN(C)C(=O)c2c(Br)c(C)nn2C)cn1. The van der Waals surface area contributed by atoms with Crippen molar-refractivity contribution in [1.82, 2.24) is 24.5 Å². The fourth-order valence-electron chi connectivity index (χ4n) is 2.05. The van der Waals surface area contributed by atoms with Crippen LogP contribution < -0.4 is 0 Å². The molecule has 20 heavy (non-hydrogen) atoms. The number of nitrogens with zero attached hydrogens (tertiary/aromatic N) is 5. The van der Waals surface area contributed by atoms with Crippen molar-refractivity contribution in [1.29, 1.82) is 0 Å². The number of aryl methyl sites for hydroxylation is 3. The number of rotatable bonds is 4. The Morgan fingerprint density at radius 2 is 2.20 bits per heavy atom. The van der Waals surface area contributed by atoms with E-state index in [4.69, 9.17) is 0 Å². The van der Waals surface area contributed by atoms with Crippen LogP contribution in [0.4, 0.5) is 0 Å². The van der Waals surface area contributed by atoms with Gasteiger partial charge in [-0.25, -0.2) is 0 Å². The van der Waals surface area contributed by atoms with Crippen molar-refractivity contribution in [2.24, 2.45) is 7.05 Å². The van der Waals surface area contributed by atoms with E-state index in [9.17, 15) is 4.79 Å². The number of carbonyl (C=O) groups is 1. The Bertz CT molecular complexity index is 631. The van der Waals surface area contributed by atoms with Gasteiger partial charge in [0.25, 0.3) is 5.91 Å². The standard InChI is InChI=1S/C13H18BrN5O/c1-5-19-8-10(6-15-19)7-17(3)13(20)12-11(14)9(2)16-18(12)4/h6,8H,5,7H2,1-4H3. The zero-order chi connectivity index (χ0) is 14.9. The number of hydrogen-bond acceptors (Lipinski definition) is 3. The van der Waals surface area contributed by atoms with Crippen molar-refractivity contribution in [2.45, 2.75) is 26.9 Å². The number of halogens is 1. The van der Waals surface area contributed by atoms with Gasteiger partial charge in [0.15, 0.2) is 0 Å². The van der Waals surface area contributed by atoms with Gasteiger partial charge in [-0.2, -0.15) is 10.2 Å². The molecule has 0 atom stereocenters. The molecule has 0 N–H and O–H groups in total. The minimum atomic E-state index is -0.0655. The fourth-order valence-corrected chi connectivity index (χ4v) is 2.56. The number of amides is 1. The maximum Gasteiger partial charge on any atom is 0.273 e. The van der Waals surface area contributed by atoms with Gasteiger partial charge in [-0.05, 0) is 29.8 Å². The number of carbonyl (C=O) groups excluding carboxylic acids is 1. The Kier molecular flexibility index (Phi) is 4.27. The summed E-state index contributed by atoms with van der Waals surface area (Å²) in [6.07, 6.45) is 3.74. The summed E-state index contributed by atoms with van der Waals surface area (Å²) in [5, 5.41) is 8.46. The largest absolute Gasteiger partial charge is 0.336 e. The quantitative estimate of drug-likeness (QED) is 0.855. The molecule has 0 aliphatic carbocycles. The maximum atomic E-state index is 12.5. The van der Waals surface area contributed by atoms with Crippen molar-refractivity contribution in [3.8, 4) is 0 Å². The molecule has 0 aliphatic rings. The van der Waals surface area contributed by atoms with E-state index < -0.39 is 0 Å². The molecule has 2 aromatic rings. The van der Waals surface area contributed by atoms with Crippen molar-refractivity contribution >= 4 is 21.8 Å². The first-order chi connectivity index (χ1) is 9.43. The minimum Gasteiger partial charge on any atom is -0.336 e. The van der Waals surface area contributed by atoms with Crippen molar-refractivity contribution in [2.75, 3.05) is 7.05 Å². The topological polar surface area (TPSA) is 56.0 Å². The summed E-state index contributed by atoms with van der Waals surface area (Å²) in [6.45, 7) is 5.24. The Hall–Kier alpha value is -1.63. The molecule has 0 unspecified atom stereocenters. The lowest BCUT2D eigenvalue weighted by Crippen LogP contribution is -2.28. The molecule has 0 fully saturated rings. The second kappa shape index (κ2) is 5.78. The van der Waals surface area contributed by atoms with Crippen molar-refractivity contribution < 1.29 is 4.79 Å². The second-order valence-corrected chi connectivity index (χ2v) is 5.53. The van der Waals surface area contributed by atoms with E-state index in [1.807, 2.05) is 24.7 Å². The molecule has 2 rings (SSSR count). The van der Waals surface area contributed by atoms with Crippen LogP contribution in [0.5, 0.6) is 0 Å². The minimum absolute atomic E-state index is 0.0655. The summed E-state index contributed by atoms with van der Waals surface area (Å²) < 4.78 is 4.20. The molecular formula is C13H18BrN5O. The van der Waals surface area contributed by atoms with Gasteiger partial charge < -0.3 is 4.90 Å². The van der Waals surface area contributed by atoms with E-state index in [-0.39, 0.29) is 5.91 Å². The molecule has 0 bridgehead atoms. The van der Waals surface area contributed by atoms with Crippen LogP contribution in [0.1, 0.15) is 28.7 Å². The summed E-state index contributed by atoms with van der Waals surface area (Å²) in [5.41, 5.74) is 2.38. The molecule has 0 saturated carbocycles. The first-order valence-corrected chi connectivity index (χ1v) is 7.19. The first-order valence-electron chi connectivity index (χ1n) is 6.40. The fraction of sp³-hybridized carbons (Fsp3) is 0.462. The summed E-state index contributed by atoms with van der Waals surface area (Å²) in [7, 11) is 3.55.